The van der Waals surface area contributed by atoms with Gasteiger partial charge in [-0.15, -0.1) is 0 Å². The van der Waals surface area contributed by atoms with Crippen molar-refractivity contribution in [3.63, 3.8) is 0 Å². The van der Waals surface area contributed by atoms with E-state index in [0.29, 0.717) is 18.3 Å². The largest absolute Gasteiger partial charge is 0.388 e. The first kappa shape index (κ1) is 20.5. The first-order valence-electron chi connectivity index (χ1n) is 7.75. The van der Waals surface area contributed by atoms with Gasteiger partial charge in [0, 0.05) is 18.3 Å². The summed E-state index contributed by atoms with van der Waals surface area (Å²) in [4.78, 5) is 11.1. The van der Waals surface area contributed by atoms with E-state index in [1.54, 1.807) is 0 Å². The Morgan fingerprint density at radius 2 is 2.00 bits per heavy atom. The molecular weight excluding hydrogens is 284 g/mol. The number of thioether (sulfide) groups is 1. The van der Waals surface area contributed by atoms with Crippen LogP contribution in [-0.4, -0.2) is 47.8 Å². The molecule has 0 aliphatic heterocycles. The molecule has 2 atom stereocenters. The standard InChI is InChI=1S/C16H32N2O2S/c1-6-15(19)18-11-9-14(21-5)8-10-17-12-16(20,7-2)13(3)4/h6,13-14,17,20H,1,7-12H2,2-5H3,(H,18,19). The molecule has 3 N–H and O–H groups in total. The first-order chi connectivity index (χ1) is 9.89. The maximum Gasteiger partial charge on any atom is 0.243 e. The summed E-state index contributed by atoms with van der Waals surface area (Å²) in [5.41, 5.74) is -0.618. The molecule has 5 heteroatoms. The second kappa shape index (κ2) is 11.1. The molecule has 0 aromatic carbocycles. The Bertz CT molecular complexity index is 311. The quantitative estimate of drug-likeness (QED) is 0.381. The number of carbonyl (C=O) groups excluding carboxylic acids is 1. The third-order valence-corrected chi connectivity index (χ3v) is 5.18. The number of aliphatic hydroxyl groups is 1. The van der Waals surface area contributed by atoms with Crippen molar-refractivity contribution in [1.82, 2.24) is 10.6 Å². The Labute approximate surface area is 134 Å². The smallest absolute Gasteiger partial charge is 0.243 e. The van der Waals surface area contributed by atoms with E-state index in [0.717, 1.165) is 25.8 Å². The van der Waals surface area contributed by atoms with Crippen LogP contribution in [0.15, 0.2) is 12.7 Å². The Hall–Kier alpha value is -0.520. The van der Waals surface area contributed by atoms with Gasteiger partial charge in [-0.2, -0.15) is 11.8 Å². The zero-order valence-electron chi connectivity index (χ0n) is 13.9. The van der Waals surface area contributed by atoms with Crippen LogP contribution in [0.5, 0.6) is 0 Å². The van der Waals surface area contributed by atoms with E-state index in [2.05, 4.69) is 37.3 Å². The molecule has 0 rings (SSSR count). The number of hydrogen-bond acceptors (Lipinski definition) is 4. The lowest BCUT2D eigenvalue weighted by atomic mass is 9.88. The highest BCUT2D eigenvalue weighted by atomic mass is 32.2. The van der Waals surface area contributed by atoms with Gasteiger partial charge in [-0.3, -0.25) is 4.79 Å². The van der Waals surface area contributed by atoms with Gasteiger partial charge in [-0.25, -0.2) is 0 Å². The normalized spacial score (nSPS) is 15.5. The minimum atomic E-state index is -0.618. The van der Waals surface area contributed by atoms with Gasteiger partial charge in [0.15, 0.2) is 0 Å². The highest BCUT2D eigenvalue weighted by Crippen LogP contribution is 2.20. The third-order valence-electron chi connectivity index (χ3n) is 4.05. The molecule has 0 saturated carbocycles. The molecule has 1 amide bonds. The molecule has 0 aliphatic rings. The highest BCUT2D eigenvalue weighted by Gasteiger charge is 2.28. The number of amides is 1. The zero-order chi connectivity index (χ0) is 16.3. The van der Waals surface area contributed by atoms with Crippen molar-refractivity contribution in [3.05, 3.63) is 12.7 Å². The van der Waals surface area contributed by atoms with Gasteiger partial charge in [-0.05, 0) is 44.1 Å². The van der Waals surface area contributed by atoms with E-state index in [9.17, 15) is 9.90 Å². The van der Waals surface area contributed by atoms with E-state index in [1.165, 1.54) is 6.08 Å². The highest BCUT2D eigenvalue weighted by molar-refractivity contribution is 7.99. The number of nitrogens with one attached hydrogen (secondary N) is 2. The van der Waals surface area contributed by atoms with Crippen LogP contribution in [0.2, 0.25) is 0 Å². The van der Waals surface area contributed by atoms with Gasteiger partial charge < -0.3 is 15.7 Å². The number of carbonyl (C=O) groups is 1. The minimum absolute atomic E-state index is 0.113. The van der Waals surface area contributed by atoms with Crippen molar-refractivity contribution in [2.75, 3.05) is 25.9 Å². The Balaban J connectivity index is 3.91. The topological polar surface area (TPSA) is 61.4 Å². The van der Waals surface area contributed by atoms with Crippen molar-refractivity contribution in [3.8, 4) is 0 Å². The molecule has 0 aromatic rings. The van der Waals surface area contributed by atoms with Crippen LogP contribution in [-0.2, 0) is 4.79 Å². The van der Waals surface area contributed by atoms with E-state index in [4.69, 9.17) is 0 Å². The van der Waals surface area contributed by atoms with Crippen LogP contribution < -0.4 is 10.6 Å². The summed E-state index contributed by atoms with van der Waals surface area (Å²) in [7, 11) is 0. The molecule has 0 bridgehead atoms. The summed E-state index contributed by atoms with van der Waals surface area (Å²) in [5, 5.41) is 17.1. The molecule has 0 saturated heterocycles. The van der Waals surface area contributed by atoms with Gasteiger partial charge in [0.25, 0.3) is 0 Å². The summed E-state index contributed by atoms with van der Waals surface area (Å²) in [5.74, 6) is 0.137. The lowest BCUT2D eigenvalue weighted by Crippen LogP contribution is -2.45. The number of rotatable bonds is 12. The molecule has 4 nitrogen and oxygen atoms in total. The van der Waals surface area contributed by atoms with Gasteiger partial charge in [0.2, 0.25) is 5.91 Å². The van der Waals surface area contributed by atoms with Gasteiger partial charge in [0.1, 0.15) is 0 Å². The summed E-state index contributed by atoms with van der Waals surface area (Å²) in [6.07, 6.45) is 6.13. The van der Waals surface area contributed by atoms with Crippen LogP contribution in [0.4, 0.5) is 0 Å². The monoisotopic (exact) mass is 316 g/mol. The Morgan fingerprint density at radius 3 is 2.48 bits per heavy atom. The predicted molar refractivity (Wildman–Crippen MR) is 92.7 cm³/mol. The van der Waals surface area contributed by atoms with Gasteiger partial charge in [0.05, 0.1) is 5.60 Å². The molecule has 0 aromatic heterocycles. The molecule has 0 heterocycles. The van der Waals surface area contributed by atoms with Gasteiger partial charge in [-0.1, -0.05) is 27.4 Å². The molecule has 0 fully saturated rings. The van der Waals surface area contributed by atoms with Crippen LogP contribution in [0.25, 0.3) is 0 Å². The summed E-state index contributed by atoms with van der Waals surface area (Å²) >= 11 is 1.82. The van der Waals surface area contributed by atoms with Crippen LogP contribution >= 0.6 is 11.8 Å². The third kappa shape index (κ3) is 8.49. The summed E-state index contributed by atoms with van der Waals surface area (Å²) in [6, 6.07) is 0. The molecule has 2 unspecified atom stereocenters. The van der Waals surface area contributed by atoms with E-state index in [-0.39, 0.29) is 11.8 Å². The molecule has 124 valence electrons. The van der Waals surface area contributed by atoms with E-state index >= 15 is 0 Å². The second-order valence-electron chi connectivity index (χ2n) is 5.72. The Morgan fingerprint density at radius 1 is 1.38 bits per heavy atom. The van der Waals surface area contributed by atoms with E-state index in [1.807, 2.05) is 18.7 Å². The van der Waals surface area contributed by atoms with Crippen LogP contribution in [0, 0.1) is 5.92 Å². The molecule has 0 aliphatic carbocycles. The maximum absolute atomic E-state index is 11.1. The predicted octanol–water partition coefficient (Wildman–Crippen LogP) is 2.19. The summed E-state index contributed by atoms with van der Waals surface area (Å²) in [6.45, 7) is 11.8. The lowest BCUT2D eigenvalue weighted by Gasteiger charge is -2.31. The van der Waals surface area contributed by atoms with Crippen LogP contribution in [0.3, 0.4) is 0 Å². The fourth-order valence-electron chi connectivity index (χ4n) is 2.11. The number of hydrogen-bond donors (Lipinski definition) is 3. The van der Waals surface area contributed by atoms with Crippen molar-refractivity contribution >= 4 is 17.7 Å². The molecule has 0 radical (unpaired) electrons. The van der Waals surface area contributed by atoms with E-state index < -0.39 is 5.60 Å². The van der Waals surface area contributed by atoms with Crippen molar-refractivity contribution in [2.45, 2.75) is 50.9 Å². The average molecular weight is 317 g/mol. The molecule has 21 heavy (non-hydrogen) atoms. The fourth-order valence-corrected chi connectivity index (χ4v) is 2.82. The lowest BCUT2D eigenvalue weighted by molar-refractivity contribution is -0.116. The fraction of sp³-hybridized carbons (Fsp3) is 0.812. The summed E-state index contributed by atoms with van der Waals surface area (Å²) < 4.78 is 0. The maximum atomic E-state index is 11.1. The average Bonchev–Trinajstić information content (AvgIpc) is 2.48. The van der Waals surface area contributed by atoms with Crippen molar-refractivity contribution < 1.29 is 9.90 Å². The SMILES string of the molecule is C=CC(=O)NCCC(CCNCC(O)(CC)C(C)C)SC. The second-order valence-corrected chi connectivity index (χ2v) is 6.86. The molecule has 0 spiro atoms. The van der Waals surface area contributed by atoms with Gasteiger partial charge >= 0.3 is 0 Å². The minimum Gasteiger partial charge on any atom is -0.388 e. The Kier molecular flexibility index (Phi) is 10.8. The zero-order valence-corrected chi connectivity index (χ0v) is 14.8. The first-order valence-corrected chi connectivity index (χ1v) is 9.04. The van der Waals surface area contributed by atoms with Crippen molar-refractivity contribution in [1.29, 1.82) is 0 Å². The molecular formula is C16H32N2O2S. The van der Waals surface area contributed by atoms with Crippen LogP contribution in [0.1, 0.15) is 40.0 Å². The van der Waals surface area contributed by atoms with Crippen molar-refractivity contribution in [2.24, 2.45) is 5.92 Å².